The molecule has 0 fully saturated rings. The van der Waals surface area contributed by atoms with Crippen molar-refractivity contribution >= 4 is 80.7 Å². The number of ether oxygens (including phenoxy) is 2. The molecule has 7 aromatic rings. The first-order chi connectivity index (χ1) is 24.8. The third kappa shape index (κ3) is 3.65. The molecule has 6 aromatic carbocycles. The number of hydrogen-bond donors (Lipinski definition) is 0. The van der Waals surface area contributed by atoms with E-state index in [1.807, 2.05) is 60.7 Å². The second kappa shape index (κ2) is 10.1. The van der Waals surface area contributed by atoms with Crippen LogP contribution in [0, 0.1) is 11.3 Å². The van der Waals surface area contributed by atoms with Crippen LogP contribution < -0.4 is 52.1 Å². The van der Waals surface area contributed by atoms with E-state index in [1.165, 1.54) is 0 Å². The highest BCUT2D eigenvalue weighted by Crippen LogP contribution is 2.43. The fourth-order valence-electron chi connectivity index (χ4n) is 8.32. The molecule has 230 valence electrons. The van der Waals surface area contributed by atoms with Crippen LogP contribution in [0.1, 0.15) is 5.69 Å². The van der Waals surface area contributed by atoms with Gasteiger partial charge in [0, 0.05) is 28.8 Å². The van der Waals surface area contributed by atoms with Crippen molar-refractivity contribution in [3.8, 4) is 29.1 Å². The van der Waals surface area contributed by atoms with Gasteiger partial charge in [0.15, 0.2) is 0 Å². The van der Waals surface area contributed by atoms with Gasteiger partial charge in [-0.1, -0.05) is 84.9 Å². The molecule has 0 saturated heterocycles. The van der Waals surface area contributed by atoms with E-state index >= 15 is 0 Å². The third-order valence-electron chi connectivity index (χ3n) is 10.3. The average Bonchev–Trinajstić information content (AvgIpc) is 3.17. The number of hydrogen-bond acceptors (Lipinski definition) is 7. The number of nitriles is 1. The van der Waals surface area contributed by atoms with Crippen LogP contribution in [0.5, 0.6) is 23.0 Å². The molecule has 0 bridgehead atoms. The number of nitrogens with zero attached hydrogens (tertiary/aromatic N) is 5. The normalized spacial score (nSPS) is 13.7. The molecule has 1 aromatic heterocycles. The summed E-state index contributed by atoms with van der Waals surface area (Å²) in [5, 5.41) is 10.4. The fraction of sp³-hybridized carbons (Fsp3) is 0. The van der Waals surface area contributed by atoms with Crippen molar-refractivity contribution in [3.63, 3.8) is 0 Å². The van der Waals surface area contributed by atoms with Gasteiger partial charge in [0.25, 0.3) is 13.4 Å². The van der Waals surface area contributed by atoms with E-state index in [4.69, 9.17) is 19.4 Å². The molecule has 0 N–H and O–H groups in total. The Morgan fingerprint density at radius 3 is 1.52 bits per heavy atom. The lowest BCUT2D eigenvalue weighted by molar-refractivity contribution is 0.487. The van der Waals surface area contributed by atoms with Gasteiger partial charge < -0.3 is 9.47 Å². The maximum absolute atomic E-state index is 10.4. The average molecular weight is 639 g/mol. The number of anilines is 6. The first-order valence-electron chi connectivity index (χ1n) is 16.6. The van der Waals surface area contributed by atoms with E-state index < -0.39 is 0 Å². The molecule has 50 heavy (non-hydrogen) atoms. The zero-order valence-corrected chi connectivity index (χ0v) is 26.5. The van der Waals surface area contributed by atoms with Crippen LogP contribution in [0.2, 0.25) is 0 Å². The highest BCUT2D eigenvalue weighted by atomic mass is 16.5. The Morgan fingerprint density at radius 1 is 0.480 bits per heavy atom. The quantitative estimate of drug-likeness (QED) is 0.242. The number of benzene rings is 6. The molecule has 0 radical (unpaired) electrons. The van der Waals surface area contributed by atoms with Crippen LogP contribution in [0.4, 0.5) is 34.5 Å². The fourth-order valence-corrected chi connectivity index (χ4v) is 8.32. The minimum absolute atomic E-state index is 0.0139. The zero-order chi connectivity index (χ0) is 32.9. The molecular weight excluding hydrogens is 616 g/mol. The molecule has 0 spiro atoms. The third-order valence-corrected chi connectivity index (χ3v) is 10.3. The van der Waals surface area contributed by atoms with Gasteiger partial charge in [0.2, 0.25) is 5.95 Å². The van der Waals surface area contributed by atoms with Crippen molar-refractivity contribution in [1.29, 1.82) is 5.26 Å². The van der Waals surface area contributed by atoms with Crippen LogP contribution in [-0.2, 0) is 0 Å². The Labute approximate surface area is 288 Å². The predicted molar refractivity (Wildman–Crippen MR) is 198 cm³/mol. The largest absolute Gasteiger partial charge is 0.458 e. The molecule has 11 rings (SSSR count). The van der Waals surface area contributed by atoms with Gasteiger partial charge in [-0.2, -0.15) is 10.2 Å². The summed E-state index contributed by atoms with van der Waals surface area (Å²) in [5.41, 5.74) is 10.7. The summed E-state index contributed by atoms with van der Waals surface area (Å²) in [6.07, 6.45) is 0. The minimum Gasteiger partial charge on any atom is -0.458 e. The maximum Gasteiger partial charge on any atom is 0.256 e. The first-order valence-corrected chi connectivity index (χ1v) is 16.6. The summed E-state index contributed by atoms with van der Waals surface area (Å²) in [7, 11) is 0. The van der Waals surface area contributed by atoms with Crippen molar-refractivity contribution in [2.75, 3.05) is 9.80 Å². The van der Waals surface area contributed by atoms with Crippen molar-refractivity contribution in [1.82, 2.24) is 9.97 Å². The topological polar surface area (TPSA) is 74.5 Å². The van der Waals surface area contributed by atoms with Crippen LogP contribution >= 0.6 is 0 Å². The Balaban J connectivity index is 1.14. The molecule has 5 heterocycles. The van der Waals surface area contributed by atoms with Crippen molar-refractivity contribution < 1.29 is 9.47 Å². The molecular formula is C41H23B2N5O2. The molecule has 0 atom stereocenters. The zero-order valence-electron chi connectivity index (χ0n) is 26.5. The second-order valence-electron chi connectivity index (χ2n) is 12.8. The lowest BCUT2D eigenvalue weighted by Crippen LogP contribution is -2.59. The van der Waals surface area contributed by atoms with Gasteiger partial charge >= 0.3 is 0 Å². The molecule has 0 unspecified atom stereocenters. The Hall–Kier alpha value is -6.78. The summed E-state index contributed by atoms with van der Waals surface area (Å²) < 4.78 is 13.0. The van der Waals surface area contributed by atoms with Crippen LogP contribution in [0.15, 0.2) is 140 Å². The van der Waals surface area contributed by atoms with E-state index in [0.29, 0.717) is 11.8 Å². The SMILES string of the molecule is N#Cc1cc(N2c3ccccc3B3c4ccccc4Oc4cccc2c43)nc(N2c3ccccc3B3c4ccccc4Oc4cccc2c43)n1. The molecule has 0 aliphatic carbocycles. The molecule has 0 saturated carbocycles. The standard InChI is InChI=1S/C41H23B2N5O2/c44-24-25-23-38(47-30-15-5-1-11-26(30)42-28-13-3-7-19-34(28)49-36-21-9-17-32(47)39(36)42)46-41(45-25)48-31-16-6-2-12-27(31)43-29-14-4-8-20-35(29)50-37-22-10-18-33(48)40(37)43/h1-23H. The van der Waals surface area contributed by atoms with Crippen LogP contribution in [0.3, 0.4) is 0 Å². The molecule has 9 heteroatoms. The summed E-state index contributed by atoms with van der Waals surface area (Å²) in [4.78, 5) is 14.4. The van der Waals surface area contributed by atoms with Gasteiger partial charge in [-0.25, -0.2) is 4.98 Å². The summed E-state index contributed by atoms with van der Waals surface area (Å²) in [6, 6.07) is 49.7. The molecule has 4 aliphatic rings. The Kier molecular flexibility index (Phi) is 5.50. The molecule has 7 nitrogen and oxygen atoms in total. The summed E-state index contributed by atoms with van der Waals surface area (Å²) in [6.45, 7) is -0.0400. The lowest BCUT2D eigenvalue weighted by atomic mass is 9.34. The van der Waals surface area contributed by atoms with Gasteiger partial charge in [-0.05, 0) is 81.3 Å². The highest BCUT2D eigenvalue weighted by Gasteiger charge is 2.44. The number of aromatic nitrogens is 2. The summed E-state index contributed by atoms with van der Waals surface area (Å²) >= 11 is 0. The number of fused-ring (bicyclic) bond motifs is 8. The minimum atomic E-state index is -0.0261. The first kappa shape index (κ1) is 27.2. The van der Waals surface area contributed by atoms with Crippen molar-refractivity contribution in [2.45, 2.75) is 0 Å². The van der Waals surface area contributed by atoms with E-state index in [9.17, 15) is 5.26 Å². The van der Waals surface area contributed by atoms with Crippen molar-refractivity contribution in [2.24, 2.45) is 0 Å². The van der Waals surface area contributed by atoms with Crippen LogP contribution in [-0.4, -0.2) is 23.4 Å². The number of rotatable bonds is 2. The smallest absolute Gasteiger partial charge is 0.256 e. The Morgan fingerprint density at radius 2 is 0.940 bits per heavy atom. The van der Waals surface area contributed by atoms with Gasteiger partial charge in [-0.3, -0.25) is 9.80 Å². The van der Waals surface area contributed by atoms with Gasteiger partial charge in [-0.15, -0.1) is 0 Å². The van der Waals surface area contributed by atoms with E-state index in [-0.39, 0.29) is 19.1 Å². The highest BCUT2D eigenvalue weighted by molar-refractivity contribution is 7.00. The van der Waals surface area contributed by atoms with Crippen molar-refractivity contribution in [3.05, 3.63) is 145 Å². The number of para-hydroxylation sites is 4. The summed E-state index contributed by atoms with van der Waals surface area (Å²) in [5.74, 6) is 4.33. The monoisotopic (exact) mass is 639 g/mol. The second-order valence-corrected chi connectivity index (χ2v) is 12.8. The van der Waals surface area contributed by atoms with Gasteiger partial charge in [0.1, 0.15) is 40.6 Å². The molecule has 4 aliphatic heterocycles. The van der Waals surface area contributed by atoms with Crippen LogP contribution in [0.25, 0.3) is 0 Å². The predicted octanol–water partition coefficient (Wildman–Crippen LogP) is 5.16. The van der Waals surface area contributed by atoms with Gasteiger partial charge in [0.05, 0.1) is 0 Å². The van der Waals surface area contributed by atoms with E-state index in [2.05, 4.69) is 88.7 Å². The Bertz CT molecular complexity index is 2470. The lowest BCUT2D eigenvalue weighted by Gasteiger charge is -2.40. The maximum atomic E-state index is 10.4. The van der Waals surface area contributed by atoms with E-state index in [0.717, 1.165) is 78.5 Å². The van der Waals surface area contributed by atoms with E-state index in [1.54, 1.807) is 6.07 Å². The molecule has 0 amide bonds.